The molecule has 3 aromatic carbocycles. The van der Waals surface area contributed by atoms with Crippen LogP contribution in [0.2, 0.25) is 5.02 Å². The zero-order valence-electron chi connectivity index (χ0n) is 16.3. The second-order valence-electron chi connectivity index (χ2n) is 7.19. The third kappa shape index (κ3) is 4.09. The van der Waals surface area contributed by atoms with Gasteiger partial charge in [0.1, 0.15) is 22.9 Å². The highest BCUT2D eigenvalue weighted by Gasteiger charge is 2.29. The summed E-state index contributed by atoms with van der Waals surface area (Å²) >= 11 is 5.95. The van der Waals surface area contributed by atoms with Crippen LogP contribution in [-0.4, -0.2) is 21.8 Å². The molecule has 0 saturated carbocycles. The van der Waals surface area contributed by atoms with Gasteiger partial charge in [-0.25, -0.2) is 4.79 Å². The van der Waals surface area contributed by atoms with Crippen LogP contribution in [0.3, 0.4) is 0 Å². The number of carboxylic acid groups (broad SMARTS) is 1. The lowest BCUT2D eigenvalue weighted by Gasteiger charge is -2.21. The van der Waals surface area contributed by atoms with Gasteiger partial charge < -0.3 is 19.1 Å². The fraction of sp³-hybridized carbons (Fsp3) is 0.130. The van der Waals surface area contributed by atoms with Crippen LogP contribution in [0, 0.1) is 0 Å². The first-order valence-electron chi connectivity index (χ1n) is 9.17. The summed E-state index contributed by atoms with van der Waals surface area (Å²) < 4.78 is 16.8. The smallest absolute Gasteiger partial charge is 0.347 e. The number of ether oxygens (including phenoxy) is 2. The fourth-order valence-electron chi connectivity index (χ4n) is 2.85. The Labute approximate surface area is 177 Å². The Bertz CT molecular complexity index is 1200. The average molecular weight is 424 g/mol. The SMILES string of the molecule is CC(C)(Oc1ccc(Oc2ccc3c(-c4ccc(Cl)cc4)noc3c2)cc1)C(=O)O. The Morgan fingerprint density at radius 1 is 0.967 bits per heavy atom. The molecule has 1 heterocycles. The molecule has 7 heteroatoms. The van der Waals surface area contributed by atoms with E-state index in [-0.39, 0.29) is 0 Å². The Morgan fingerprint density at radius 2 is 1.60 bits per heavy atom. The topological polar surface area (TPSA) is 81.8 Å². The Kier molecular flexibility index (Phi) is 5.10. The molecule has 0 amide bonds. The number of aliphatic carboxylic acids is 1. The molecule has 0 unspecified atom stereocenters. The molecule has 0 aliphatic carbocycles. The van der Waals surface area contributed by atoms with Crippen LogP contribution in [0.4, 0.5) is 0 Å². The maximum Gasteiger partial charge on any atom is 0.347 e. The first kappa shape index (κ1) is 19.8. The summed E-state index contributed by atoms with van der Waals surface area (Å²) in [5.74, 6) is 0.558. The van der Waals surface area contributed by atoms with Crippen molar-refractivity contribution in [2.75, 3.05) is 0 Å². The number of carbonyl (C=O) groups is 1. The molecule has 0 fully saturated rings. The number of hydrogen-bond acceptors (Lipinski definition) is 5. The summed E-state index contributed by atoms with van der Waals surface area (Å²) in [7, 11) is 0. The number of benzene rings is 3. The summed E-state index contributed by atoms with van der Waals surface area (Å²) in [4.78, 5) is 11.2. The third-order valence-corrected chi connectivity index (χ3v) is 4.76. The highest BCUT2D eigenvalue weighted by molar-refractivity contribution is 6.30. The van der Waals surface area contributed by atoms with Crippen LogP contribution in [0.15, 0.2) is 71.3 Å². The van der Waals surface area contributed by atoms with Crippen LogP contribution >= 0.6 is 11.6 Å². The average Bonchev–Trinajstić information content (AvgIpc) is 3.13. The van der Waals surface area contributed by atoms with Crippen molar-refractivity contribution >= 4 is 28.5 Å². The quantitative estimate of drug-likeness (QED) is 0.398. The maximum absolute atomic E-state index is 11.2. The largest absolute Gasteiger partial charge is 0.478 e. The summed E-state index contributed by atoms with van der Waals surface area (Å²) in [6.07, 6.45) is 0. The van der Waals surface area contributed by atoms with Crippen molar-refractivity contribution in [1.82, 2.24) is 5.16 Å². The molecular weight excluding hydrogens is 406 g/mol. The molecule has 4 rings (SSSR count). The van der Waals surface area contributed by atoms with Crippen LogP contribution in [0.1, 0.15) is 13.8 Å². The van der Waals surface area contributed by atoms with E-state index in [1.807, 2.05) is 24.3 Å². The van der Waals surface area contributed by atoms with Crippen molar-refractivity contribution in [3.63, 3.8) is 0 Å². The molecular formula is C23H18ClNO5. The summed E-state index contributed by atoms with van der Waals surface area (Å²) in [5, 5.41) is 14.8. The molecule has 0 radical (unpaired) electrons. The van der Waals surface area contributed by atoms with Crippen molar-refractivity contribution < 1.29 is 23.9 Å². The number of nitrogens with zero attached hydrogens (tertiary/aromatic N) is 1. The summed E-state index contributed by atoms with van der Waals surface area (Å²) in [6, 6.07) is 19.6. The second-order valence-corrected chi connectivity index (χ2v) is 7.62. The fourth-order valence-corrected chi connectivity index (χ4v) is 2.97. The van der Waals surface area contributed by atoms with Gasteiger partial charge in [0.25, 0.3) is 0 Å². The Morgan fingerprint density at radius 3 is 2.27 bits per heavy atom. The van der Waals surface area contributed by atoms with Crippen molar-refractivity contribution in [3.05, 3.63) is 71.8 Å². The Balaban J connectivity index is 1.52. The van der Waals surface area contributed by atoms with Crippen LogP contribution in [0.25, 0.3) is 22.2 Å². The molecule has 0 bridgehead atoms. The molecule has 0 saturated heterocycles. The van der Waals surface area contributed by atoms with Crippen molar-refractivity contribution in [3.8, 4) is 28.5 Å². The summed E-state index contributed by atoms with van der Waals surface area (Å²) in [6.45, 7) is 2.98. The third-order valence-electron chi connectivity index (χ3n) is 4.51. The van der Waals surface area contributed by atoms with Gasteiger partial charge in [-0.3, -0.25) is 0 Å². The van der Waals surface area contributed by atoms with E-state index in [1.165, 1.54) is 13.8 Å². The lowest BCUT2D eigenvalue weighted by atomic mass is 10.1. The van der Waals surface area contributed by atoms with Gasteiger partial charge in [-0.2, -0.15) is 0 Å². The predicted octanol–water partition coefficient (Wildman–Crippen LogP) is 6.18. The van der Waals surface area contributed by atoms with E-state index in [9.17, 15) is 4.79 Å². The lowest BCUT2D eigenvalue weighted by molar-refractivity contribution is -0.152. The van der Waals surface area contributed by atoms with E-state index in [0.29, 0.717) is 27.9 Å². The van der Waals surface area contributed by atoms with Crippen LogP contribution < -0.4 is 9.47 Å². The standard InChI is InChI=1S/C23H18ClNO5/c1-23(2,22(26)27)29-17-9-7-16(8-10-17)28-18-11-12-19-20(13-18)30-25-21(19)14-3-5-15(24)6-4-14/h3-13H,1-2H3,(H,26,27). The molecule has 1 N–H and O–H groups in total. The van der Waals surface area contributed by atoms with Crippen LogP contribution in [-0.2, 0) is 4.79 Å². The highest BCUT2D eigenvalue weighted by Crippen LogP contribution is 2.33. The number of hydrogen-bond donors (Lipinski definition) is 1. The number of fused-ring (bicyclic) bond motifs is 1. The molecule has 0 aliphatic rings. The van der Waals surface area contributed by atoms with E-state index in [1.54, 1.807) is 42.5 Å². The monoisotopic (exact) mass is 423 g/mol. The number of carboxylic acids is 1. The minimum atomic E-state index is -1.32. The maximum atomic E-state index is 11.2. The van der Waals surface area contributed by atoms with E-state index < -0.39 is 11.6 Å². The van der Waals surface area contributed by atoms with Crippen molar-refractivity contribution in [2.24, 2.45) is 0 Å². The first-order valence-corrected chi connectivity index (χ1v) is 9.55. The minimum Gasteiger partial charge on any atom is -0.478 e. The van der Waals surface area contributed by atoms with Gasteiger partial charge in [0, 0.05) is 22.0 Å². The summed E-state index contributed by atoms with van der Waals surface area (Å²) in [5.41, 5.74) is 0.921. The minimum absolute atomic E-state index is 0.438. The van der Waals surface area contributed by atoms with Gasteiger partial charge in [-0.1, -0.05) is 28.9 Å². The molecule has 152 valence electrons. The second kappa shape index (κ2) is 7.72. The molecule has 30 heavy (non-hydrogen) atoms. The zero-order valence-corrected chi connectivity index (χ0v) is 17.0. The van der Waals surface area contributed by atoms with Gasteiger partial charge in [-0.15, -0.1) is 0 Å². The normalized spacial score (nSPS) is 11.4. The first-order chi connectivity index (χ1) is 14.3. The van der Waals surface area contributed by atoms with Crippen molar-refractivity contribution in [2.45, 2.75) is 19.4 Å². The molecule has 1 aromatic heterocycles. The molecule has 0 aliphatic heterocycles. The Hall–Kier alpha value is -3.51. The van der Waals surface area contributed by atoms with Gasteiger partial charge in [0.05, 0.1) is 0 Å². The number of halogens is 1. The van der Waals surface area contributed by atoms with E-state index >= 15 is 0 Å². The zero-order chi connectivity index (χ0) is 21.3. The molecule has 6 nitrogen and oxygen atoms in total. The van der Waals surface area contributed by atoms with Gasteiger partial charge in [0.15, 0.2) is 11.2 Å². The number of aromatic nitrogens is 1. The highest BCUT2D eigenvalue weighted by atomic mass is 35.5. The van der Waals surface area contributed by atoms with Gasteiger partial charge >= 0.3 is 5.97 Å². The molecule has 4 aromatic rings. The van der Waals surface area contributed by atoms with Crippen molar-refractivity contribution in [1.29, 1.82) is 0 Å². The van der Waals surface area contributed by atoms with Gasteiger partial charge in [0.2, 0.25) is 0 Å². The van der Waals surface area contributed by atoms with E-state index in [4.69, 9.17) is 30.7 Å². The lowest BCUT2D eigenvalue weighted by Crippen LogP contribution is -2.37. The number of rotatable bonds is 6. The predicted molar refractivity (Wildman–Crippen MR) is 113 cm³/mol. The molecule has 0 spiro atoms. The van der Waals surface area contributed by atoms with Gasteiger partial charge in [-0.05, 0) is 62.4 Å². The molecule has 0 atom stereocenters. The van der Waals surface area contributed by atoms with E-state index in [2.05, 4.69) is 5.16 Å². The van der Waals surface area contributed by atoms with E-state index in [0.717, 1.165) is 16.6 Å². The van der Waals surface area contributed by atoms with Crippen LogP contribution in [0.5, 0.6) is 17.2 Å².